The third-order valence-electron chi connectivity index (χ3n) is 4.59. The highest BCUT2D eigenvalue weighted by Crippen LogP contribution is 2.22. The molecule has 0 aromatic carbocycles. The van der Waals surface area contributed by atoms with E-state index in [1.54, 1.807) is 6.20 Å². The second-order valence-corrected chi connectivity index (χ2v) is 7.32. The van der Waals surface area contributed by atoms with Crippen molar-refractivity contribution in [1.29, 1.82) is 0 Å². The van der Waals surface area contributed by atoms with Gasteiger partial charge in [-0.2, -0.15) is 0 Å². The second-order valence-electron chi connectivity index (χ2n) is 6.91. The van der Waals surface area contributed by atoms with Crippen molar-refractivity contribution in [3.05, 3.63) is 70.4 Å². The number of aliphatic imine (C=N–C) groups is 1. The number of hydrogen-bond acceptors (Lipinski definition) is 4. The van der Waals surface area contributed by atoms with Crippen molar-refractivity contribution in [3.8, 4) is 0 Å². The summed E-state index contributed by atoms with van der Waals surface area (Å²) in [7, 11) is 0. The van der Waals surface area contributed by atoms with Crippen molar-refractivity contribution in [2.45, 2.75) is 45.7 Å². The lowest BCUT2D eigenvalue weighted by Crippen LogP contribution is -2.26. The molecule has 136 valence electrons. The number of nitrogens with zero attached hydrogens (tertiary/aromatic N) is 4. The van der Waals surface area contributed by atoms with Crippen LogP contribution in [0.2, 0.25) is 5.02 Å². The van der Waals surface area contributed by atoms with E-state index < -0.39 is 0 Å². The SMILES string of the molecule is CC(C)c1cccnc1CN(CCC1=CN=CC1)Cc1ncccc1Cl. The molecule has 26 heavy (non-hydrogen) atoms. The third kappa shape index (κ3) is 4.99. The monoisotopic (exact) mass is 368 g/mol. The highest BCUT2D eigenvalue weighted by molar-refractivity contribution is 6.31. The molecule has 1 aliphatic heterocycles. The van der Waals surface area contributed by atoms with Crippen LogP contribution < -0.4 is 0 Å². The molecular weight excluding hydrogens is 344 g/mol. The largest absolute Gasteiger partial charge is 0.291 e. The molecule has 2 aromatic heterocycles. The van der Waals surface area contributed by atoms with Crippen LogP contribution in [-0.2, 0) is 13.1 Å². The summed E-state index contributed by atoms with van der Waals surface area (Å²) in [6, 6.07) is 7.95. The molecule has 0 unspecified atom stereocenters. The first kappa shape index (κ1) is 18.7. The second kappa shape index (κ2) is 9.06. The smallest absolute Gasteiger partial charge is 0.0729 e. The minimum atomic E-state index is 0.449. The quantitative estimate of drug-likeness (QED) is 0.658. The van der Waals surface area contributed by atoms with E-state index in [4.69, 9.17) is 11.6 Å². The van der Waals surface area contributed by atoms with Gasteiger partial charge in [0.1, 0.15) is 0 Å². The number of aromatic nitrogens is 2. The molecule has 0 N–H and O–H groups in total. The average molecular weight is 369 g/mol. The van der Waals surface area contributed by atoms with Crippen molar-refractivity contribution < 1.29 is 0 Å². The van der Waals surface area contributed by atoms with Crippen molar-refractivity contribution in [3.63, 3.8) is 0 Å². The summed E-state index contributed by atoms with van der Waals surface area (Å²) in [6.07, 6.45) is 9.57. The van der Waals surface area contributed by atoms with Crippen molar-refractivity contribution in [2.24, 2.45) is 4.99 Å². The van der Waals surface area contributed by atoms with Crippen LogP contribution in [-0.4, -0.2) is 27.6 Å². The summed E-state index contributed by atoms with van der Waals surface area (Å²) in [6.45, 7) is 6.84. The van der Waals surface area contributed by atoms with Crippen LogP contribution in [0.15, 0.2) is 53.4 Å². The highest BCUT2D eigenvalue weighted by Gasteiger charge is 2.15. The Morgan fingerprint density at radius 3 is 2.50 bits per heavy atom. The van der Waals surface area contributed by atoms with E-state index in [9.17, 15) is 0 Å². The topological polar surface area (TPSA) is 41.4 Å². The van der Waals surface area contributed by atoms with Gasteiger partial charge in [-0.3, -0.25) is 19.9 Å². The van der Waals surface area contributed by atoms with Gasteiger partial charge in [-0.05, 0) is 41.7 Å². The van der Waals surface area contributed by atoms with Crippen LogP contribution in [0, 0.1) is 0 Å². The zero-order valence-electron chi connectivity index (χ0n) is 15.4. The standard InChI is InChI=1S/C21H25ClN4/c1-16(2)18-5-3-9-24-20(18)14-26(12-8-17-7-11-23-13-17)15-21-19(22)6-4-10-25-21/h3-6,9-11,13,16H,7-8,12,14-15H2,1-2H3. The van der Waals surface area contributed by atoms with Crippen LogP contribution in [0.3, 0.4) is 0 Å². The maximum absolute atomic E-state index is 6.34. The molecule has 0 aliphatic carbocycles. The maximum atomic E-state index is 6.34. The molecule has 0 atom stereocenters. The van der Waals surface area contributed by atoms with Gasteiger partial charge in [-0.15, -0.1) is 0 Å². The lowest BCUT2D eigenvalue weighted by molar-refractivity contribution is 0.252. The van der Waals surface area contributed by atoms with Crippen molar-refractivity contribution in [1.82, 2.24) is 14.9 Å². The van der Waals surface area contributed by atoms with Crippen molar-refractivity contribution in [2.75, 3.05) is 6.54 Å². The van der Waals surface area contributed by atoms with Gasteiger partial charge < -0.3 is 0 Å². The normalized spacial score (nSPS) is 13.7. The van der Waals surface area contributed by atoms with Crippen LogP contribution in [0.25, 0.3) is 0 Å². The van der Waals surface area contributed by atoms with Gasteiger partial charge in [0.25, 0.3) is 0 Å². The molecule has 2 aromatic rings. The van der Waals surface area contributed by atoms with Gasteiger partial charge in [0.15, 0.2) is 0 Å². The van der Waals surface area contributed by atoms with Gasteiger partial charge in [0, 0.05) is 50.9 Å². The number of rotatable bonds is 8. The van der Waals surface area contributed by atoms with Crippen LogP contribution in [0.4, 0.5) is 0 Å². The molecule has 0 fully saturated rings. The molecule has 0 radical (unpaired) electrons. The Kier molecular flexibility index (Phi) is 6.53. The van der Waals surface area contributed by atoms with Gasteiger partial charge in [-0.25, -0.2) is 0 Å². The summed E-state index contributed by atoms with van der Waals surface area (Å²) in [4.78, 5) is 15.7. The third-order valence-corrected chi connectivity index (χ3v) is 4.94. The summed E-state index contributed by atoms with van der Waals surface area (Å²) in [5, 5.41) is 0.714. The van der Waals surface area contributed by atoms with Crippen LogP contribution in [0.1, 0.15) is 49.6 Å². The Hall–Kier alpha value is -2.04. The molecule has 5 heteroatoms. The molecule has 0 saturated carbocycles. The molecule has 1 aliphatic rings. The van der Waals surface area contributed by atoms with E-state index in [1.807, 2.05) is 36.8 Å². The number of hydrogen-bond donors (Lipinski definition) is 0. The average Bonchev–Trinajstić information content (AvgIpc) is 3.15. The Labute approximate surface area is 160 Å². The van der Waals surface area contributed by atoms with Crippen molar-refractivity contribution >= 4 is 17.8 Å². The Morgan fingerprint density at radius 2 is 1.81 bits per heavy atom. The van der Waals surface area contributed by atoms with Gasteiger partial charge in [0.2, 0.25) is 0 Å². The number of halogens is 1. The van der Waals surface area contributed by atoms with E-state index >= 15 is 0 Å². The summed E-state index contributed by atoms with van der Waals surface area (Å²) in [5.41, 5.74) is 4.71. The molecule has 0 saturated heterocycles. The molecule has 3 heterocycles. The zero-order chi connectivity index (χ0) is 18.4. The Balaban J connectivity index is 1.77. The molecule has 0 spiro atoms. The molecular formula is C21H25ClN4. The predicted molar refractivity (Wildman–Crippen MR) is 107 cm³/mol. The minimum absolute atomic E-state index is 0.449. The molecule has 4 nitrogen and oxygen atoms in total. The summed E-state index contributed by atoms with van der Waals surface area (Å²) < 4.78 is 0. The van der Waals surface area contributed by atoms with Gasteiger partial charge in [0.05, 0.1) is 16.4 Å². The first-order chi connectivity index (χ1) is 12.6. The maximum Gasteiger partial charge on any atom is 0.0729 e. The van der Waals surface area contributed by atoms with E-state index in [-0.39, 0.29) is 0 Å². The molecule has 3 rings (SSSR count). The first-order valence-corrected chi connectivity index (χ1v) is 9.46. The Morgan fingerprint density at radius 1 is 1.08 bits per heavy atom. The van der Waals surface area contributed by atoms with E-state index in [2.05, 4.69) is 39.8 Å². The van der Waals surface area contributed by atoms with Crippen LogP contribution in [0.5, 0.6) is 0 Å². The first-order valence-electron chi connectivity index (χ1n) is 9.08. The highest BCUT2D eigenvalue weighted by atomic mass is 35.5. The summed E-state index contributed by atoms with van der Waals surface area (Å²) in [5.74, 6) is 0.449. The van der Waals surface area contributed by atoms with E-state index in [0.29, 0.717) is 17.5 Å². The lowest BCUT2D eigenvalue weighted by Gasteiger charge is -2.24. The Bertz CT molecular complexity index is 798. The number of pyridine rings is 2. The minimum Gasteiger partial charge on any atom is -0.291 e. The van der Waals surface area contributed by atoms with Crippen LogP contribution >= 0.6 is 11.6 Å². The zero-order valence-corrected chi connectivity index (χ0v) is 16.2. The fraction of sp³-hybridized carbons (Fsp3) is 0.381. The van der Waals surface area contributed by atoms with Gasteiger partial charge in [-0.1, -0.05) is 31.5 Å². The molecule has 0 bridgehead atoms. The molecule has 0 amide bonds. The summed E-state index contributed by atoms with van der Waals surface area (Å²) >= 11 is 6.34. The predicted octanol–water partition coefficient (Wildman–Crippen LogP) is 5.00. The van der Waals surface area contributed by atoms with E-state index in [1.165, 1.54) is 11.1 Å². The van der Waals surface area contributed by atoms with Gasteiger partial charge >= 0.3 is 0 Å². The fourth-order valence-corrected chi connectivity index (χ4v) is 3.31. The fourth-order valence-electron chi connectivity index (χ4n) is 3.13. The lowest BCUT2D eigenvalue weighted by atomic mass is 10.0. The van der Waals surface area contributed by atoms with E-state index in [0.717, 1.165) is 37.3 Å².